The normalized spacial score (nSPS) is 10.9. The first-order chi connectivity index (χ1) is 8.58. The first kappa shape index (κ1) is 14.9. The fraction of sp³-hybridized carbons (Fsp3) is 0.533. The molecule has 18 heavy (non-hydrogen) atoms. The predicted octanol–water partition coefficient (Wildman–Crippen LogP) is 3.06. The van der Waals surface area contributed by atoms with E-state index >= 15 is 0 Å². The number of ether oxygens (including phenoxy) is 1. The molecule has 0 radical (unpaired) electrons. The van der Waals surface area contributed by atoms with Gasteiger partial charge in [-0.05, 0) is 25.5 Å². The van der Waals surface area contributed by atoms with Gasteiger partial charge in [0.05, 0.1) is 24.6 Å². The number of nitrogens with one attached hydrogen (secondary N) is 1. The summed E-state index contributed by atoms with van der Waals surface area (Å²) >= 11 is 0. The average molecular weight is 248 g/mol. The highest BCUT2D eigenvalue weighted by Crippen LogP contribution is 2.03. The molecule has 0 fully saturated rings. The maximum absolute atomic E-state index is 5.57. The maximum atomic E-state index is 5.57. The molecule has 0 saturated heterocycles. The van der Waals surface area contributed by atoms with Gasteiger partial charge in [0.25, 0.3) is 0 Å². The summed E-state index contributed by atoms with van der Waals surface area (Å²) < 4.78 is 5.57. The molecule has 3 heteroatoms. The monoisotopic (exact) mass is 248 g/mol. The average Bonchev–Trinajstić information content (AvgIpc) is 2.32. The molecule has 0 aliphatic heterocycles. The van der Waals surface area contributed by atoms with E-state index in [1.807, 2.05) is 25.1 Å². The molecule has 100 valence electrons. The summed E-state index contributed by atoms with van der Waals surface area (Å²) in [5.41, 5.74) is 3.20. The second-order valence-corrected chi connectivity index (χ2v) is 4.92. The third-order valence-electron chi connectivity index (χ3n) is 2.48. The Hall–Kier alpha value is -1.19. The summed E-state index contributed by atoms with van der Waals surface area (Å²) in [6, 6.07) is 6.54. The second-order valence-electron chi connectivity index (χ2n) is 4.92. The van der Waals surface area contributed by atoms with Crippen molar-refractivity contribution in [2.24, 2.45) is 0 Å². The lowest BCUT2D eigenvalue weighted by Gasteiger charge is -2.09. The van der Waals surface area contributed by atoms with Crippen molar-refractivity contribution in [3.05, 3.63) is 41.7 Å². The van der Waals surface area contributed by atoms with Gasteiger partial charge in [0.2, 0.25) is 0 Å². The molecule has 1 N–H and O–H groups in total. The first-order valence-corrected chi connectivity index (χ1v) is 6.48. The lowest BCUT2D eigenvalue weighted by Crippen LogP contribution is -2.22. The van der Waals surface area contributed by atoms with Crippen LogP contribution in [-0.4, -0.2) is 17.6 Å². The van der Waals surface area contributed by atoms with Gasteiger partial charge in [0.15, 0.2) is 0 Å². The molecule has 0 aliphatic rings. The Morgan fingerprint density at radius 3 is 2.78 bits per heavy atom. The number of aromatic nitrogens is 1. The zero-order valence-corrected chi connectivity index (χ0v) is 11.7. The smallest absolute Gasteiger partial charge is 0.0888 e. The molecule has 0 saturated carbocycles. The molecule has 1 heterocycles. The van der Waals surface area contributed by atoms with Crippen molar-refractivity contribution in [1.82, 2.24) is 10.3 Å². The summed E-state index contributed by atoms with van der Waals surface area (Å²) in [6.07, 6.45) is 0.911. The van der Waals surface area contributed by atoms with Crippen LogP contribution in [0.1, 0.15) is 38.6 Å². The minimum Gasteiger partial charge on any atom is -0.375 e. The quantitative estimate of drug-likeness (QED) is 0.567. The Labute approximate surface area is 110 Å². The topological polar surface area (TPSA) is 34.1 Å². The number of rotatable bonds is 8. The number of pyridine rings is 1. The lowest BCUT2D eigenvalue weighted by atomic mass is 10.2. The minimum atomic E-state index is 0.474. The van der Waals surface area contributed by atoms with Crippen molar-refractivity contribution >= 4 is 0 Å². The van der Waals surface area contributed by atoms with Gasteiger partial charge in [0.1, 0.15) is 0 Å². The SMILES string of the molecule is C=C(C)CCOCc1cccc(CNC(C)C)n1. The van der Waals surface area contributed by atoms with Crippen LogP contribution in [-0.2, 0) is 17.9 Å². The Balaban J connectivity index is 2.37. The minimum absolute atomic E-state index is 0.474. The van der Waals surface area contributed by atoms with Crippen molar-refractivity contribution < 1.29 is 4.74 Å². The molecule has 0 unspecified atom stereocenters. The predicted molar refractivity (Wildman–Crippen MR) is 75.3 cm³/mol. The van der Waals surface area contributed by atoms with E-state index in [0.29, 0.717) is 19.3 Å². The van der Waals surface area contributed by atoms with E-state index in [9.17, 15) is 0 Å². The van der Waals surface area contributed by atoms with Crippen LogP contribution >= 0.6 is 0 Å². The molecular weight excluding hydrogens is 224 g/mol. The Kier molecular flexibility index (Phi) is 6.61. The summed E-state index contributed by atoms with van der Waals surface area (Å²) in [7, 11) is 0. The third-order valence-corrected chi connectivity index (χ3v) is 2.48. The van der Waals surface area contributed by atoms with Gasteiger partial charge in [0, 0.05) is 12.6 Å². The van der Waals surface area contributed by atoms with Crippen molar-refractivity contribution in [3.8, 4) is 0 Å². The lowest BCUT2D eigenvalue weighted by molar-refractivity contribution is 0.121. The summed E-state index contributed by atoms with van der Waals surface area (Å²) in [5, 5.41) is 3.36. The molecule has 3 nitrogen and oxygen atoms in total. The molecule has 0 aromatic carbocycles. The molecule has 0 atom stereocenters. The number of hydrogen-bond donors (Lipinski definition) is 1. The Morgan fingerprint density at radius 1 is 1.39 bits per heavy atom. The molecule has 0 aliphatic carbocycles. The van der Waals surface area contributed by atoms with Gasteiger partial charge in [-0.3, -0.25) is 4.98 Å². The number of nitrogens with zero attached hydrogens (tertiary/aromatic N) is 1. The van der Waals surface area contributed by atoms with Crippen LogP contribution in [0.5, 0.6) is 0 Å². The van der Waals surface area contributed by atoms with Gasteiger partial charge in [-0.2, -0.15) is 0 Å². The van der Waals surface area contributed by atoms with Gasteiger partial charge >= 0.3 is 0 Å². The highest BCUT2D eigenvalue weighted by molar-refractivity contribution is 5.10. The summed E-state index contributed by atoms with van der Waals surface area (Å²) in [5.74, 6) is 0. The van der Waals surface area contributed by atoms with Crippen molar-refractivity contribution in [2.45, 2.75) is 46.4 Å². The molecule has 0 bridgehead atoms. The van der Waals surface area contributed by atoms with Crippen LogP contribution in [0.25, 0.3) is 0 Å². The fourth-order valence-electron chi connectivity index (χ4n) is 1.44. The van der Waals surface area contributed by atoms with Crippen molar-refractivity contribution in [3.63, 3.8) is 0 Å². The highest BCUT2D eigenvalue weighted by Gasteiger charge is 1.99. The van der Waals surface area contributed by atoms with Gasteiger partial charge in [-0.1, -0.05) is 25.5 Å². The molecule has 1 rings (SSSR count). The summed E-state index contributed by atoms with van der Waals surface area (Å²) in [4.78, 5) is 4.55. The van der Waals surface area contributed by atoms with Crippen LogP contribution in [0.2, 0.25) is 0 Å². The van der Waals surface area contributed by atoms with Crippen LogP contribution in [0.15, 0.2) is 30.4 Å². The van der Waals surface area contributed by atoms with Crippen LogP contribution in [0, 0.1) is 0 Å². The zero-order chi connectivity index (χ0) is 13.4. The first-order valence-electron chi connectivity index (χ1n) is 6.48. The van der Waals surface area contributed by atoms with Gasteiger partial charge in [-0.25, -0.2) is 0 Å². The molecule has 0 spiro atoms. The van der Waals surface area contributed by atoms with Crippen LogP contribution < -0.4 is 5.32 Å². The van der Waals surface area contributed by atoms with Crippen LogP contribution in [0.3, 0.4) is 0 Å². The zero-order valence-electron chi connectivity index (χ0n) is 11.7. The van der Waals surface area contributed by atoms with E-state index < -0.39 is 0 Å². The largest absolute Gasteiger partial charge is 0.375 e. The molecule has 1 aromatic rings. The highest BCUT2D eigenvalue weighted by atomic mass is 16.5. The van der Waals surface area contributed by atoms with Gasteiger partial charge in [-0.15, -0.1) is 6.58 Å². The van der Waals surface area contributed by atoms with Crippen molar-refractivity contribution in [1.29, 1.82) is 0 Å². The van der Waals surface area contributed by atoms with E-state index in [2.05, 4.69) is 30.7 Å². The maximum Gasteiger partial charge on any atom is 0.0888 e. The standard InChI is InChI=1S/C15H24N2O/c1-12(2)8-9-18-11-15-7-5-6-14(17-15)10-16-13(3)4/h5-7,13,16H,1,8-11H2,2-4H3. The van der Waals surface area contributed by atoms with E-state index in [-0.39, 0.29) is 0 Å². The van der Waals surface area contributed by atoms with E-state index in [1.54, 1.807) is 0 Å². The summed E-state index contributed by atoms with van der Waals surface area (Å²) in [6.45, 7) is 12.2. The Morgan fingerprint density at radius 2 is 2.11 bits per heavy atom. The molecule has 1 aromatic heterocycles. The molecular formula is C15H24N2O. The molecule has 0 amide bonds. The third kappa shape index (κ3) is 6.52. The van der Waals surface area contributed by atoms with E-state index in [0.717, 1.165) is 29.9 Å². The van der Waals surface area contributed by atoms with Crippen molar-refractivity contribution in [2.75, 3.05) is 6.61 Å². The van der Waals surface area contributed by atoms with Gasteiger partial charge < -0.3 is 10.1 Å². The Bertz CT molecular complexity index is 375. The second kappa shape index (κ2) is 8.01. The van der Waals surface area contributed by atoms with Crippen LogP contribution in [0.4, 0.5) is 0 Å². The van der Waals surface area contributed by atoms with E-state index in [4.69, 9.17) is 4.74 Å². The van der Waals surface area contributed by atoms with E-state index in [1.165, 1.54) is 0 Å². The fourth-order valence-corrected chi connectivity index (χ4v) is 1.44. The number of hydrogen-bond acceptors (Lipinski definition) is 3.